The number of benzene rings is 2. The fraction of sp³-hybridized carbons (Fsp3) is 0.190. The number of anilines is 5. The summed E-state index contributed by atoms with van der Waals surface area (Å²) in [5.74, 6) is 4.20. The van der Waals surface area contributed by atoms with Gasteiger partial charge in [-0.1, -0.05) is 12.1 Å². The minimum atomic E-state index is -0.656. The van der Waals surface area contributed by atoms with E-state index < -0.39 is 11.7 Å². The molecule has 1 saturated heterocycles. The van der Waals surface area contributed by atoms with Crippen molar-refractivity contribution in [2.45, 2.75) is 0 Å². The number of hydrogen-bond acceptors (Lipinski definition) is 8. The van der Waals surface area contributed by atoms with Gasteiger partial charge in [0.15, 0.2) is 11.6 Å². The largest absolute Gasteiger partial charge is 0.378 e. The third-order valence-corrected chi connectivity index (χ3v) is 4.80. The molecule has 2 aromatic carbocycles. The van der Waals surface area contributed by atoms with E-state index in [9.17, 15) is 9.18 Å². The van der Waals surface area contributed by atoms with Gasteiger partial charge in [0.1, 0.15) is 0 Å². The number of halogens is 1. The van der Waals surface area contributed by atoms with Gasteiger partial charge >= 0.3 is 0 Å². The number of nitrogens with one attached hydrogen (secondary N) is 3. The van der Waals surface area contributed by atoms with E-state index in [0.29, 0.717) is 5.69 Å². The second kappa shape index (κ2) is 9.37. The van der Waals surface area contributed by atoms with Gasteiger partial charge in [-0.15, -0.1) is 0 Å². The molecule has 9 nitrogen and oxygen atoms in total. The zero-order chi connectivity index (χ0) is 21.6. The molecule has 1 aliphatic rings. The molecule has 0 bridgehead atoms. The SMILES string of the molecule is NNC(=O)c1ccccc1Nc1nc(Nc2ccc(N3CCOCC3)cc2)ncc1F. The van der Waals surface area contributed by atoms with Gasteiger partial charge in [0.2, 0.25) is 5.95 Å². The monoisotopic (exact) mass is 423 g/mol. The van der Waals surface area contributed by atoms with Crippen molar-refractivity contribution in [1.82, 2.24) is 15.4 Å². The minimum absolute atomic E-state index is 0.0697. The quantitative estimate of drug-likeness (QED) is 0.271. The van der Waals surface area contributed by atoms with Gasteiger partial charge in [-0.3, -0.25) is 10.2 Å². The zero-order valence-electron chi connectivity index (χ0n) is 16.6. The first-order valence-electron chi connectivity index (χ1n) is 9.73. The van der Waals surface area contributed by atoms with Crippen LogP contribution in [0.3, 0.4) is 0 Å². The normalized spacial score (nSPS) is 13.5. The van der Waals surface area contributed by atoms with Gasteiger partial charge < -0.3 is 20.3 Å². The lowest BCUT2D eigenvalue weighted by molar-refractivity contribution is 0.0954. The molecule has 31 heavy (non-hydrogen) atoms. The number of nitrogens with two attached hydrogens (primary N) is 1. The molecule has 0 unspecified atom stereocenters. The van der Waals surface area contributed by atoms with Gasteiger partial charge in [0.05, 0.1) is 30.7 Å². The van der Waals surface area contributed by atoms with Crippen LogP contribution in [-0.2, 0) is 4.74 Å². The van der Waals surface area contributed by atoms with Crippen LogP contribution in [0.2, 0.25) is 0 Å². The third kappa shape index (κ3) is 4.87. The summed E-state index contributed by atoms with van der Waals surface area (Å²) in [5, 5.41) is 5.90. The first kappa shape index (κ1) is 20.5. The summed E-state index contributed by atoms with van der Waals surface area (Å²) in [7, 11) is 0. The van der Waals surface area contributed by atoms with E-state index in [1.165, 1.54) is 0 Å². The molecule has 0 atom stereocenters. The molecule has 1 amide bonds. The fourth-order valence-electron chi connectivity index (χ4n) is 3.22. The van der Waals surface area contributed by atoms with Gasteiger partial charge in [-0.2, -0.15) is 4.98 Å². The summed E-state index contributed by atoms with van der Waals surface area (Å²) < 4.78 is 19.7. The maximum absolute atomic E-state index is 14.3. The summed E-state index contributed by atoms with van der Waals surface area (Å²) >= 11 is 0. The Bertz CT molecular complexity index is 1060. The Kier molecular flexibility index (Phi) is 6.20. The molecule has 4 rings (SSSR count). The van der Waals surface area contributed by atoms with Crippen LogP contribution in [0.25, 0.3) is 0 Å². The average Bonchev–Trinajstić information content (AvgIpc) is 2.82. The van der Waals surface area contributed by atoms with Crippen LogP contribution in [0, 0.1) is 5.82 Å². The highest BCUT2D eigenvalue weighted by molar-refractivity contribution is 5.99. The zero-order valence-corrected chi connectivity index (χ0v) is 16.6. The van der Waals surface area contributed by atoms with Crippen LogP contribution in [0.1, 0.15) is 10.4 Å². The van der Waals surface area contributed by atoms with Crippen molar-refractivity contribution in [3.05, 3.63) is 66.1 Å². The third-order valence-electron chi connectivity index (χ3n) is 4.80. The lowest BCUT2D eigenvalue weighted by Crippen LogP contribution is -2.36. The number of morpholine rings is 1. The predicted molar refractivity (Wildman–Crippen MR) is 116 cm³/mol. The highest BCUT2D eigenvalue weighted by Gasteiger charge is 2.14. The number of nitrogens with zero attached hydrogens (tertiary/aromatic N) is 3. The molecule has 1 fully saturated rings. The second-order valence-electron chi connectivity index (χ2n) is 6.81. The topological polar surface area (TPSA) is 117 Å². The molecule has 5 N–H and O–H groups in total. The van der Waals surface area contributed by atoms with E-state index in [-0.39, 0.29) is 17.3 Å². The minimum Gasteiger partial charge on any atom is -0.378 e. The second-order valence-corrected chi connectivity index (χ2v) is 6.81. The van der Waals surface area contributed by atoms with Crippen LogP contribution in [0.4, 0.5) is 33.2 Å². The number of rotatable bonds is 6. The molecule has 1 aliphatic heterocycles. The van der Waals surface area contributed by atoms with Crippen LogP contribution in [-0.4, -0.2) is 42.2 Å². The van der Waals surface area contributed by atoms with Crippen molar-refractivity contribution in [3.63, 3.8) is 0 Å². The summed E-state index contributed by atoms with van der Waals surface area (Å²) in [6.45, 7) is 3.14. The lowest BCUT2D eigenvalue weighted by Gasteiger charge is -2.28. The molecule has 0 aliphatic carbocycles. The first-order chi connectivity index (χ1) is 15.1. The van der Waals surface area contributed by atoms with E-state index in [2.05, 4.69) is 30.9 Å². The van der Waals surface area contributed by atoms with Crippen LogP contribution >= 0.6 is 0 Å². The fourth-order valence-corrected chi connectivity index (χ4v) is 3.22. The molecular formula is C21H22FN7O2. The number of amides is 1. The molecular weight excluding hydrogens is 401 g/mol. The molecule has 3 aromatic rings. The smallest absolute Gasteiger partial charge is 0.267 e. The van der Waals surface area contributed by atoms with Gasteiger partial charge in [0, 0.05) is 24.5 Å². The number of hydrazine groups is 1. The molecule has 0 saturated carbocycles. The van der Waals surface area contributed by atoms with Gasteiger partial charge in [-0.25, -0.2) is 15.2 Å². The Morgan fingerprint density at radius 2 is 1.81 bits per heavy atom. The summed E-state index contributed by atoms with van der Waals surface area (Å²) in [5.41, 5.74) is 4.56. The van der Waals surface area contributed by atoms with E-state index >= 15 is 0 Å². The maximum Gasteiger partial charge on any atom is 0.267 e. The summed E-state index contributed by atoms with van der Waals surface area (Å²) in [6.07, 6.45) is 1.06. The molecule has 1 aromatic heterocycles. The van der Waals surface area contributed by atoms with Gasteiger partial charge in [-0.05, 0) is 36.4 Å². The number of carbonyl (C=O) groups excluding carboxylic acids is 1. The van der Waals surface area contributed by atoms with E-state index in [0.717, 1.165) is 43.9 Å². The number of ether oxygens (including phenoxy) is 1. The van der Waals surface area contributed by atoms with Gasteiger partial charge in [0.25, 0.3) is 5.91 Å². The number of hydrogen-bond donors (Lipinski definition) is 4. The maximum atomic E-state index is 14.3. The van der Waals surface area contributed by atoms with Crippen molar-refractivity contribution in [2.75, 3.05) is 41.8 Å². The Balaban J connectivity index is 1.50. The van der Waals surface area contributed by atoms with Crippen LogP contribution in [0.5, 0.6) is 0 Å². The molecule has 0 radical (unpaired) electrons. The Morgan fingerprint density at radius 3 is 2.55 bits per heavy atom. The highest BCUT2D eigenvalue weighted by atomic mass is 19.1. The van der Waals surface area contributed by atoms with Crippen molar-refractivity contribution in [1.29, 1.82) is 0 Å². The van der Waals surface area contributed by atoms with Crippen LogP contribution in [0.15, 0.2) is 54.7 Å². The standard InChI is InChI=1S/C21H22FN7O2/c22-17-13-24-21(25-14-5-7-15(8-6-14)29-9-11-31-12-10-29)27-19(17)26-18-4-2-1-3-16(18)20(30)28-23/h1-8,13H,9-12,23H2,(H,28,30)(H2,24,25,26,27). The van der Waals surface area contributed by atoms with E-state index in [1.807, 2.05) is 24.3 Å². The van der Waals surface area contributed by atoms with E-state index in [4.69, 9.17) is 10.6 Å². The van der Waals surface area contributed by atoms with Crippen LogP contribution < -0.4 is 26.8 Å². The summed E-state index contributed by atoms with van der Waals surface area (Å²) in [6, 6.07) is 14.4. The molecule has 10 heteroatoms. The average molecular weight is 423 g/mol. The molecule has 2 heterocycles. The van der Waals surface area contributed by atoms with Crippen molar-refractivity contribution >= 4 is 34.7 Å². The van der Waals surface area contributed by atoms with Crippen molar-refractivity contribution in [2.24, 2.45) is 5.84 Å². The summed E-state index contributed by atoms with van der Waals surface area (Å²) in [4.78, 5) is 22.4. The Labute approximate surface area is 178 Å². The molecule has 0 spiro atoms. The van der Waals surface area contributed by atoms with Crippen molar-refractivity contribution in [3.8, 4) is 0 Å². The lowest BCUT2D eigenvalue weighted by atomic mass is 10.1. The van der Waals surface area contributed by atoms with E-state index in [1.54, 1.807) is 24.3 Å². The van der Waals surface area contributed by atoms with Crippen molar-refractivity contribution < 1.29 is 13.9 Å². The number of aromatic nitrogens is 2. The molecule has 160 valence electrons. The first-order valence-corrected chi connectivity index (χ1v) is 9.73. The number of carbonyl (C=O) groups is 1. The highest BCUT2D eigenvalue weighted by Crippen LogP contribution is 2.24. The Morgan fingerprint density at radius 1 is 1.06 bits per heavy atom. The number of nitrogen functional groups attached to an aromatic ring is 1. The number of para-hydroxylation sites is 1. The Hall–Kier alpha value is -3.76. The predicted octanol–water partition coefficient (Wildman–Crippen LogP) is 2.54.